The Balaban J connectivity index is 3.40. The summed E-state index contributed by atoms with van der Waals surface area (Å²) in [5.74, 6) is 2.60. The Kier molecular flexibility index (Phi) is 5.01. The fourth-order valence-corrected chi connectivity index (χ4v) is 0.618. The molecule has 0 unspecified atom stereocenters. The van der Waals surface area contributed by atoms with Crippen molar-refractivity contribution in [1.29, 1.82) is 0 Å². The summed E-state index contributed by atoms with van der Waals surface area (Å²) in [6.45, 7) is 5.79. The van der Waals surface area contributed by atoms with Gasteiger partial charge >= 0.3 is 0 Å². The highest BCUT2D eigenvalue weighted by molar-refractivity contribution is 5.01. The molecule has 0 heterocycles. The Labute approximate surface area is 58.0 Å². The van der Waals surface area contributed by atoms with Crippen LogP contribution in [0, 0.1) is 19.3 Å². The standard InChI is InChI=1S/C9H13/c1-4-6-8-9(3)7-5-2/h1,7H,2,5-6,8H2,3H3. The van der Waals surface area contributed by atoms with Crippen molar-refractivity contribution in [2.45, 2.75) is 26.2 Å². The molecule has 0 aliphatic rings. The Hall–Kier alpha value is -0.700. The van der Waals surface area contributed by atoms with E-state index in [1.807, 2.05) is 0 Å². The molecule has 0 N–H and O–H groups in total. The van der Waals surface area contributed by atoms with Crippen molar-refractivity contribution in [2.75, 3.05) is 0 Å². The summed E-state index contributed by atoms with van der Waals surface area (Å²) < 4.78 is 0. The van der Waals surface area contributed by atoms with Crippen molar-refractivity contribution in [3.05, 3.63) is 18.6 Å². The number of rotatable bonds is 3. The molecule has 0 fully saturated rings. The van der Waals surface area contributed by atoms with Gasteiger partial charge in [-0.3, -0.25) is 0 Å². The van der Waals surface area contributed by atoms with E-state index in [1.165, 1.54) is 5.57 Å². The van der Waals surface area contributed by atoms with E-state index in [-0.39, 0.29) is 0 Å². The van der Waals surface area contributed by atoms with Gasteiger partial charge in [0.25, 0.3) is 0 Å². The Morgan fingerprint density at radius 2 is 2.44 bits per heavy atom. The van der Waals surface area contributed by atoms with Gasteiger partial charge in [0, 0.05) is 6.42 Å². The first-order valence-electron chi connectivity index (χ1n) is 3.19. The summed E-state index contributed by atoms with van der Waals surface area (Å²) in [7, 11) is 0. The molecule has 1 radical (unpaired) electrons. The SMILES string of the molecule is C#CCCC(C)=CC[CH2]. The summed E-state index contributed by atoms with van der Waals surface area (Å²) in [5, 5.41) is 0. The van der Waals surface area contributed by atoms with Crippen molar-refractivity contribution >= 4 is 0 Å². The van der Waals surface area contributed by atoms with E-state index in [9.17, 15) is 0 Å². The van der Waals surface area contributed by atoms with Gasteiger partial charge in [0.15, 0.2) is 0 Å². The molecule has 0 nitrogen and oxygen atoms in total. The predicted octanol–water partition coefficient (Wildman–Crippen LogP) is 2.57. The average Bonchev–Trinajstić information content (AvgIpc) is 1.85. The first kappa shape index (κ1) is 8.30. The smallest absolute Gasteiger partial charge is 0.0123 e. The van der Waals surface area contributed by atoms with E-state index >= 15 is 0 Å². The lowest BCUT2D eigenvalue weighted by molar-refractivity contribution is 0.991. The van der Waals surface area contributed by atoms with Crippen LogP contribution in [0.4, 0.5) is 0 Å². The summed E-state index contributed by atoms with van der Waals surface area (Å²) in [4.78, 5) is 0. The van der Waals surface area contributed by atoms with Gasteiger partial charge in [-0.2, -0.15) is 0 Å². The zero-order valence-electron chi connectivity index (χ0n) is 5.98. The zero-order valence-corrected chi connectivity index (χ0v) is 5.98. The van der Waals surface area contributed by atoms with Gasteiger partial charge in [0.2, 0.25) is 0 Å². The van der Waals surface area contributed by atoms with Crippen LogP contribution in [0.2, 0.25) is 0 Å². The molecule has 0 bridgehead atoms. The number of allylic oxidation sites excluding steroid dienone is 2. The van der Waals surface area contributed by atoms with Crippen LogP contribution in [0.5, 0.6) is 0 Å². The third kappa shape index (κ3) is 5.17. The van der Waals surface area contributed by atoms with E-state index < -0.39 is 0 Å². The minimum atomic E-state index is 0.850. The molecular formula is C9H13. The van der Waals surface area contributed by atoms with Crippen molar-refractivity contribution in [3.8, 4) is 12.3 Å². The number of hydrogen-bond acceptors (Lipinski definition) is 0. The van der Waals surface area contributed by atoms with Crippen LogP contribution >= 0.6 is 0 Å². The molecule has 0 heteroatoms. The van der Waals surface area contributed by atoms with Crippen molar-refractivity contribution in [3.63, 3.8) is 0 Å². The third-order valence-electron chi connectivity index (χ3n) is 1.16. The van der Waals surface area contributed by atoms with Gasteiger partial charge in [-0.1, -0.05) is 11.6 Å². The van der Waals surface area contributed by atoms with Crippen molar-refractivity contribution in [1.82, 2.24) is 0 Å². The molecule has 0 aromatic carbocycles. The number of terminal acetylenes is 1. The molecule has 0 atom stereocenters. The first-order valence-corrected chi connectivity index (χ1v) is 3.19. The summed E-state index contributed by atoms with van der Waals surface area (Å²) >= 11 is 0. The van der Waals surface area contributed by atoms with Crippen LogP contribution < -0.4 is 0 Å². The van der Waals surface area contributed by atoms with Crippen LogP contribution in [-0.4, -0.2) is 0 Å². The average molecular weight is 121 g/mol. The van der Waals surface area contributed by atoms with E-state index in [1.54, 1.807) is 0 Å². The Morgan fingerprint density at radius 1 is 1.78 bits per heavy atom. The van der Waals surface area contributed by atoms with Gasteiger partial charge in [0.05, 0.1) is 0 Å². The molecule has 0 spiro atoms. The van der Waals surface area contributed by atoms with E-state index in [2.05, 4.69) is 25.8 Å². The summed E-state index contributed by atoms with van der Waals surface area (Å²) in [6.07, 6.45) is 9.93. The van der Waals surface area contributed by atoms with Gasteiger partial charge < -0.3 is 0 Å². The minimum Gasteiger partial charge on any atom is -0.120 e. The largest absolute Gasteiger partial charge is 0.120 e. The highest BCUT2D eigenvalue weighted by Crippen LogP contribution is 2.02. The molecular weight excluding hydrogens is 108 g/mol. The monoisotopic (exact) mass is 121 g/mol. The second-order valence-corrected chi connectivity index (χ2v) is 2.04. The maximum Gasteiger partial charge on any atom is 0.0123 e. The highest BCUT2D eigenvalue weighted by atomic mass is 13.9. The van der Waals surface area contributed by atoms with Gasteiger partial charge in [-0.15, -0.1) is 12.3 Å². The fourth-order valence-electron chi connectivity index (χ4n) is 0.618. The molecule has 0 aromatic heterocycles. The quantitative estimate of drug-likeness (QED) is 0.397. The molecule has 49 valence electrons. The van der Waals surface area contributed by atoms with Crippen molar-refractivity contribution < 1.29 is 0 Å². The lowest BCUT2D eigenvalue weighted by Gasteiger charge is -1.93. The molecule has 0 amide bonds. The lowest BCUT2D eigenvalue weighted by Crippen LogP contribution is -1.74. The Morgan fingerprint density at radius 3 is 2.89 bits per heavy atom. The lowest BCUT2D eigenvalue weighted by atomic mass is 10.1. The normalized spacial score (nSPS) is 11.0. The molecule has 0 saturated carbocycles. The van der Waals surface area contributed by atoms with E-state index in [0.717, 1.165) is 19.3 Å². The summed E-state index contributed by atoms with van der Waals surface area (Å²) in [6, 6.07) is 0. The molecule has 0 aromatic rings. The van der Waals surface area contributed by atoms with Crippen LogP contribution in [0.25, 0.3) is 0 Å². The minimum absolute atomic E-state index is 0.850. The fraction of sp³-hybridized carbons (Fsp3) is 0.444. The molecule has 0 saturated heterocycles. The Bertz CT molecular complexity index is 123. The van der Waals surface area contributed by atoms with Crippen LogP contribution in [-0.2, 0) is 0 Å². The van der Waals surface area contributed by atoms with Gasteiger partial charge in [-0.25, -0.2) is 0 Å². The van der Waals surface area contributed by atoms with E-state index in [4.69, 9.17) is 6.42 Å². The second kappa shape index (κ2) is 5.44. The third-order valence-corrected chi connectivity index (χ3v) is 1.16. The van der Waals surface area contributed by atoms with Gasteiger partial charge in [0.1, 0.15) is 0 Å². The van der Waals surface area contributed by atoms with Crippen LogP contribution in [0.3, 0.4) is 0 Å². The zero-order chi connectivity index (χ0) is 7.11. The number of hydrogen-bond donors (Lipinski definition) is 0. The molecule has 0 aliphatic carbocycles. The van der Waals surface area contributed by atoms with E-state index in [0.29, 0.717) is 0 Å². The van der Waals surface area contributed by atoms with Crippen molar-refractivity contribution in [2.24, 2.45) is 0 Å². The maximum atomic E-state index is 5.08. The van der Waals surface area contributed by atoms with Crippen LogP contribution in [0.15, 0.2) is 11.6 Å². The highest BCUT2D eigenvalue weighted by Gasteiger charge is 1.84. The maximum absolute atomic E-state index is 5.08. The van der Waals surface area contributed by atoms with Crippen LogP contribution in [0.1, 0.15) is 26.2 Å². The second-order valence-electron chi connectivity index (χ2n) is 2.04. The molecule has 9 heavy (non-hydrogen) atoms. The molecule has 0 rings (SSSR count). The topological polar surface area (TPSA) is 0 Å². The predicted molar refractivity (Wildman–Crippen MR) is 41.8 cm³/mol. The molecule has 0 aliphatic heterocycles. The first-order chi connectivity index (χ1) is 4.31. The van der Waals surface area contributed by atoms with Gasteiger partial charge in [-0.05, 0) is 26.7 Å². The summed E-state index contributed by atoms with van der Waals surface area (Å²) in [5.41, 5.74) is 1.35.